The summed E-state index contributed by atoms with van der Waals surface area (Å²) >= 11 is 0. The van der Waals surface area contributed by atoms with E-state index in [1.54, 1.807) is 18.2 Å². The fourth-order valence-electron chi connectivity index (χ4n) is 1.23. The number of carboxylic acids is 1. The van der Waals surface area contributed by atoms with Crippen molar-refractivity contribution in [3.63, 3.8) is 0 Å². The summed E-state index contributed by atoms with van der Waals surface area (Å²) in [5.74, 6) is -1.12. The maximum Gasteiger partial charge on any atom is 0.141 e. The van der Waals surface area contributed by atoms with E-state index in [1.165, 1.54) is 0 Å². The molecule has 0 aromatic heterocycles. The molecule has 0 amide bonds. The highest BCUT2D eigenvalue weighted by atomic mass is 16.4. The fraction of sp³-hybridized carbons (Fsp3) is 0.300. The lowest BCUT2D eigenvalue weighted by molar-refractivity contribution is -0.255. The van der Waals surface area contributed by atoms with Crippen molar-refractivity contribution >= 4 is 11.7 Å². The fourth-order valence-corrected chi connectivity index (χ4v) is 1.23. The first-order chi connectivity index (χ1) is 5.93. The topological polar surface area (TPSA) is 40.1 Å². The standard InChI is InChI=1S/C10H13NO2/c1-11(2,3)9-7-5-4-6-8(9)10(12)13/h4-7H,1-3H3. The summed E-state index contributed by atoms with van der Waals surface area (Å²) in [4.78, 5) is 10.7. The molecule has 0 spiro atoms. The summed E-state index contributed by atoms with van der Waals surface area (Å²) in [6, 6.07) is 6.88. The Morgan fingerprint density at radius 1 is 1.23 bits per heavy atom. The summed E-state index contributed by atoms with van der Waals surface area (Å²) < 4.78 is 0.476. The smallest absolute Gasteiger partial charge is 0.141 e. The van der Waals surface area contributed by atoms with Gasteiger partial charge >= 0.3 is 0 Å². The van der Waals surface area contributed by atoms with Crippen LogP contribution in [0.4, 0.5) is 5.69 Å². The van der Waals surface area contributed by atoms with Gasteiger partial charge in [0.15, 0.2) is 0 Å². The normalized spacial score (nSPS) is 11.3. The highest BCUT2D eigenvalue weighted by Crippen LogP contribution is 2.21. The first-order valence-corrected chi connectivity index (χ1v) is 4.05. The molecule has 13 heavy (non-hydrogen) atoms. The Kier molecular flexibility index (Phi) is 2.38. The molecule has 0 bridgehead atoms. The number of carboxylic acid groups (broad SMARTS) is 1. The highest BCUT2D eigenvalue weighted by Gasteiger charge is 2.16. The number of carbonyl (C=O) groups is 1. The summed E-state index contributed by atoms with van der Waals surface area (Å²) in [6.45, 7) is 0. The second kappa shape index (κ2) is 3.18. The van der Waals surface area contributed by atoms with Crippen molar-refractivity contribution in [2.75, 3.05) is 21.1 Å². The number of nitrogens with zero attached hydrogens (tertiary/aromatic N) is 1. The summed E-state index contributed by atoms with van der Waals surface area (Å²) in [5, 5.41) is 10.7. The SMILES string of the molecule is C[N+](C)(C)c1ccccc1C(=O)[O-]. The average molecular weight is 179 g/mol. The van der Waals surface area contributed by atoms with Crippen LogP contribution < -0.4 is 9.59 Å². The van der Waals surface area contributed by atoms with Crippen LogP contribution in [-0.2, 0) is 0 Å². The van der Waals surface area contributed by atoms with Gasteiger partial charge in [0.05, 0.1) is 32.7 Å². The van der Waals surface area contributed by atoms with Crippen molar-refractivity contribution in [2.24, 2.45) is 0 Å². The lowest BCUT2D eigenvalue weighted by atomic mass is 10.1. The van der Waals surface area contributed by atoms with Crippen molar-refractivity contribution in [3.05, 3.63) is 29.8 Å². The molecule has 0 fully saturated rings. The predicted molar refractivity (Wildman–Crippen MR) is 50.3 cm³/mol. The number of hydrogen-bond acceptors (Lipinski definition) is 2. The summed E-state index contributed by atoms with van der Waals surface area (Å²) in [5.41, 5.74) is 1.01. The average Bonchev–Trinajstić information content (AvgIpc) is 2.03. The Labute approximate surface area is 77.8 Å². The van der Waals surface area contributed by atoms with Crippen LogP contribution in [0.5, 0.6) is 0 Å². The molecule has 1 aromatic carbocycles. The molecule has 0 saturated heterocycles. The highest BCUT2D eigenvalue weighted by molar-refractivity contribution is 5.92. The number of quaternary nitrogens is 1. The molecule has 1 aromatic rings. The van der Waals surface area contributed by atoms with Gasteiger partial charge in [-0.15, -0.1) is 0 Å². The third kappa shape index (κ3) is 2.06. The van der Waals surface area contributed by atoms with Crippen LogP contribution in [-0.4, -0.2) is 27.1 Å². The zero-order chi connectivity index (χ0) is 10.1. The largest absolute Gasteiger partial charge is 0.545 e. The Morgan fingerprint density at radius 3 is 2.15 bits per heavy atom. The molecule has 70 valence electrons. The molecular weight excluding hydrogens is 166 g/mol. The molecule has 0 aliphatic heterocycles. The van der Waals surface area contributed by atoms with Crippen LogP contribution in [0.15, 0.2) is 24.3 Å². The third-order valence-corrected chi connectivity index (χ3v) is 1.85. The van der Waals surface area contributed by atoms with Crippen molar-refractivity contribution < 1.29 is 9.90 Å². The second-order valence-electron chi connectivity index (χ2n) is 3.82. The van der Waals surface area contributed by atoms with Gasteiger partial charge in [0.25, 0.3) is 0 Å². The molecule has 0 radical (unpaired) electrons. The van der Waals surface area contributed by atoms with Gasteiger partial charge in [0.2, 0.25) is 0 Å². The van der Waals surface area contributed by atoms with Crippen LogP contribution in [0.1, 0.15) is 10.4 Å². The molecule has 0 saturated carbocycles. The van der Waals surface area contributed by atoms with E-state index in [2.05, 4.69) is 0 Å². The van der Waals surface area contributed by atoms with Gasteiger partial charge in [-0.05, 0) is 12.1 Å². The minimum Gasteiger partial charge on any atom is -0.545 e. The van der Waals surface area contributed by atoms with Gasteiger partial charge in [-0.3, -0.25) is 4.48 Å². The number of hydrogen-bond donors (Lipinski definition) is 0. The Balaban J connectivity index is 3.28. The molecule has 3 heteroatoms. The lowest BCUT2D eigenvalue weighted by Gasteiger charge is -2.26. The van der Waals surface area contributed by atoms with E-state index in [-0.39, 0.29) is 5.56 Å². The molecule has 1 rings (SSSR count). The van der Waals surface area contributed by atoms with E-state index < -0.39 is 5.97 Å². The van der Waals surface area contributed by atoms with E-state index in [0.717, 1.165) is 5.69 Å². The Bertz CT molecular complexity index is 326. The Hall–Kier alpha value is -1.35. The van der Waals surface area contributed by atoms with Gasteiger partial charge in [-0.2, -0.15) is 0 Å². The number of carbonyl (C=O) groups excluding carboxylic acids is 1. The molecule has 0 N–H and O–H groups in total. The van der Waals surface area contributed by atoms with Crippen LogP contribution in [0, 0.1) is 0 Å². The minimum atomic E-state index is -1.12. The molecule has 0 aliphatic carbocycles. The van der Waals surface area contributed by atoms with E-state index in [4.69, 9.17) is 0 Å². The van der Waals surface area contributed by atoms with Gasteiger partial charge < -0.3 is 9.90 Å². The van der Waals surface area contributed by atoms with Gasteiger partial charge in [-0.1, -0.05) is 12.1 Å². The maximum absolute atomic E-state index is 10.7. The van der Waals surface area contributed by atoms with Crippen LogP contribution in [0.25, 0.3) is 0 Å². The monoisotopic (exact) mass is 179 g/mol. The van der Waals surface area contributed by atoms with Crippen molar-refractivity contribution in [1.82, 2.24) is 4.48 Å². The van der Waals surface area contributed by atoms with Crippen molar-refractivity contribution in [1.29, 1.82) is 0 Å². The van der Waals surface area contributed by atoms with Crippen molar-refractivity contribution in [3.8, 4) is 0 Å². The van der Waals surface area contributed by atoms with Crippen LogP contribution in [0.2, 0.25) is 0 Å². The van der Waals surface area contributed by atoms with E-state index in [9.17, 15) is 9.90 Å². The van der Waals surface area contributed by atoms with Gasteiger partial charge in [0, 0.05) is 0 Å². The van der Waals surface area contributed by atoms with Gasteiger partial charge in [0.1, 0.15) is 5.69 Å². The first-order valence-electron chi connectivity index (χ1n) is 4.05. The minimum absolute atomic E-state index is 0.259. The molecule has 0 heterocycles. The molecule has 3 nitrogen and oxygen atoms in total. The summed E-state index contributed by atoms with van der Waals surface area (Å²) in [6.07, 6.45) is 0. The van der Waals surface area contributed by atoms with Crippen LogP contribution in [0.3, 0.4) is 0 Å². The quantitative estimate of drug-likeness (QED) is 0.610. The molecule has 0 aliphatic rings. The van der Waals surface area contributed by atoms with E-state index >= 15 is 0 Å². The van der Waals surface area contributed by atoms with E-state index in [1.807, 2.05) is 27.2 Å². The van der Waals surface area contributed by atoms with Gasteiger partial charge in [-0.25, -0.2) is 0 Å². The predicted octanol–water partition coefficient (Wildman–Crippen LogP) is 0.247. The molecular formula is C10H13NO2. The first kappa shape index (κ1) is 9.74. The number of aromatic carboxylic acids is 1. The second-order valence-corrected chi connectivity index (χ2v) is 3.82. The molecule has 0 atom stereocenters. The van der Waals surface area contributed by atoms with E-state index in [0.29, 0.717) is 4.48 Å². The third-order valence-electron chi connectivity index (χ3n) is 1.85. The number of rotatable bonds is 2. The maximum atomic E-state index is 10.7. The van der Waals surface area contributed by atoms with Crippen LogP contribution >= 0.6 is 0 Å². The number of para-hydroxylation sites is 1. The Morgan fingerprint density at radius 2 is 1.77 bits per heavy atom. The molecule has 0 unspecified atom stereocenters. The zero-order valence-electron chi connectivity index (χ0n) is 8.07. The number of benzene rings is 1. The zero-order valence-corrected chi connectivity index (χ0v) is 8.07. The summed E-state index contributed by atoms with van der Waals surface area (Å²) in [7, 11) is 5.76. The van der Waals surface area contributed by atoms with Crippen molar-refractivity contribution in [2.45, 2.75) is 0 Å². The lowest BCUT2D eigenvalue weighted by Crippen LogP contribution is -2.37.